The fourth-order valence-electron chi connectivity index (χ4n) is 5.25. The van der Waals surface area contributed by atoms with Crippen LogP contribution in [-0.2, 0) is 6.42 Å². The van der Waals surface area contributed by atoms with Crippen molar-refractivity contribution in [3.63, 3.8) is 0 Å². The molecule has 1 aromatic rings. The van der Waals surface area contributed by atoms with Crippen LogP contribution in [-0.4, -0.2) is 7.11 Å². The molecule has 0 amide bonds. The number of methoxy groups -OCH3 is 1. The van der Waals surface area contributed by atoms with Crippen molar-refractivity contribution in [2.75, 3.05) is 7.11 Å². The fraction of sp³-hybridized carbons (Fsp3) is 0.727. The van der Waals surface area contributed by atoms with Gasteiger partial charge in [-0.3, -0.25) is 0 Å². The molecule has 1 aromatic carbocycles. The molecule has 0 bridgehead atoms. The van der Waals surface area contributed by atoms with Crippen LogP contribution < -0.4 is 4.74 Å². The van der Waals surface area contributed by atoms with Crippen molar-refractivity contribution < 1.29 is 9.13 Å². The number of hydrogen-bond acceptors (Lipinski definition) is 1. The maximum atomic E-state index is 13.8. The molecule has 1 unspecified atom stereocenters. The first-order valence-corrected chi connectivity index (χ1v) is 10.0. The van der Waals surface area contributed by atoms with E-state index in [1.54, 1.807) is 12.1 Å². The van der Waals surface area contributed by atoms with Gasteiger partial charge in [0.2, 0.25) is 0 Å². The van der Waals surface area contributed by atoms with Gasteiger partial charge >= 0.3 is 0 Å². The van der Waals surface area contributed by atoms with E-state index >= 15 is 0 Å². The first kappa shape index (κ1) is 17.8. The van der Waals surface area contributed by atoms with Crippen LogP contribution in [0.3, 0.4) is 0 Å². The largest absolute Gasteiger partial charge is 0.494 e. The van der Waals surface area contributed by atoms with Crippen LogP contribution in [0.15, 0.2) is 18.2 Å². The average Bonchev–Trinajstić information content (AvgIpc) is 2.60. The topological polar surface area (TPSA) is 9.23 Å². The molecule has 0 aromatic heterocycles. The lowest BCUT2D eigenvalue weighted by atomic mass is 9.63. The van der Waals surface area contributed by atoms with Crippen molar-refractivity contribution in [3.05, 3.63) is 29.6 Å². The molecule has 134 valence electrons. The first-order chi connectivity index (χ1) is 11.7. The van der Waals surface area contributed by atoms with E-state index in [1.165, 1.54) is 64.9 Å². The SMILES string of the molecule is CCCC1CC[C@@H]2C[C@H](CCc3ccc(OC)c(F)c3)CC[C@@H]2C1. The van der Waals surface area contributed by atoms with Gasteiger partial charge in [-0.15, -0.1) is 0 Å². The van der Waals surface area contributed by atoms with Gasteiger partial charge in [-0.25, -0.2) is 4.39 Å². The molecule has 24 heavy (non-hydrogen) atoms. The van der Waals surface area contributed by atoms with Gasteiger partial charge in [-0.05, 0) is 79.9 Å². The summed E-state index contributed by atoms with van der Waals surface area (Å²) in [4.78, 5) is 0. The lowest BCUT2D eigenvalue weighted by molar-refractivity contribution is 0.0921. The highest BCUT2D eigenvalue weighted by atomic mass is 19.1. The average molecular weight is 333 g/mol. The summed E-state index contributed by atoms with van der Waals surface area (Å²) < 4.78 is 18.8. The molecule has 0 saturated heterocycles. The van der Waals surface area contributed by atoms with Crippen molar-refractivity contribution in [3.8, 4) is 5.75 Å². The molecule has 0 radical (unpaired) electrons. The van der Waals surface area contributed by atoms with Crippen molar-refractivity contribution in [1.29, 1.82) is 0 Å². The summed E-state index contributed by atoms with van der Waals surface area (Å²) in [7, 11) is 1.52. The second-order valence-corrected chi connectivity index (χ2v) is 8.17. The molecule has 2 aliphatic carbocycles. The van der Waals surface area contributed by atoms with Gasteiger partial charge in [0.1, 0.15) is 0 Å². The quantitative estimate of drug-likeness (QED) is 0.585. The summed E-state index contributed by atoms with van der Waals surface area (Å²) in [5.74, 6) is 3.96. The molecule has 2 aliphatic rings. The summed E-state index contributed by atoms with van der Waals surface area (Å²) >= 11 is 0. The highest BCUT2D eigenvalue weighted by molar-refractivity contribution is 5.29. The molecule has 2 saturated carbocycles. The molecule has 2 heteroatoms. The van der Waals surface area contributed by atoms with E-state index in [0.717, 1.165) is 35.7 Å². The number of hydrogen-bond donors (Lipinski definition) is 0. The second-order valence-electron chi connectivity index (χ2n) is 8.17. The Hall–Kier alpha value is -1.05. The Morgan fingerprint density at radius 2 is 1.67 bits per heavy atom. The Balaban J connectivity index is 1.47. The van der Waals surface area contributed by atoms with Gasteiger partial charge < -0.3 is 4.74 Å². The molecule has 4 atom stereocenters. The van der Waals surface area contributed by atoms with E-state index in [4.69, 9.17) is 4.74 Å². The third-order valence-corrected chi connectivity index (χ3v) is 6.58. The summed E-state index contributed by atoms with van der Waals surface area (Å²) in [5.41, 5.74) is 1.11. The Morgan fingerprint density at radius 1 is 1.00 bits per heavy atom. The standard InChI is InChI=1S/C22H33FO/c1-3-4-16-7-10-20-14-17(8-11-19(20)13-16)5-6-18-9-12-22(24-2)21(23)15-18/h9,12,15-17,19-20H,3-8,10-11,13-14H2,1-2H3/t16?,17-,19-,20-/m1/s1. The molecule has 3 rings (SSSR count). The van der Waals surface area contributed by atoms with Crippen molar-refractivity contribution >= 4 is 0 Å². The second kappa shape index (κ2) is 8.36. The number of benzene rings is 1. The zero-order valence-electron chi connectivity index (χ0n) is 15.4. The minimum Gasteiger partial charge on any atom is -0.494 e. The Labute approximate surface area is 147 Å². The number of rotatable bonds is 6. The van der Waals surface area contributed by atoms with Gasteiger partial charge in [-0.2, -0.15) is 0 Å². The third-order valence-electron chi connectivity index (χ3n) is 6.58. The maximum absolute atomic E-state index is 13.8. The third kappa shape index (κ3) is 4.32. The summed E-state index contributed by atoms with van der Waals surface area (Å²) in [6.45, 7) is 2.32. The summed E-state index contributed by atoms with van der Waals surface area (Å²) in [6, 6.07) is 5.43. The molecule has 0 N–H and O–H groups in total. The number of aryl methyl sites for hydroxylation is 1. The molecule has 1 nitrogen and oxygen atoms in total. The summed E-state index contributed by atoms with van der Waals surface area (Å²) in [5, 5.41) is 0. The van der Waals surface area contributed by atoms with Crippen LogP contribution in [0.4, 0.5) is 4.39 Å². The van der Waals surface area contributed by atoms with Crippen LogP contribution in [0.5, 0.6) is 5.75 Å². The molecular formula is C22H33FO. The van der Waals surface area contributed by atoms with Gasteiger partial charge in [0.15, 0.2) is 11.6 Å². The number of ether oxygens (including phenoxy) is 1. The minimum absolute atomic E-state index is 0.229. The minimum atomic E-state index is -0.229. The summed E-state index contributed by atoms with van der Waals surface area (Å²) in [6.07, 6.45) is 13.7. The van der Waals surface area contributed by atoms with Gasteiger partial charge in [0.05, 0.1) is 7.11 Å². The van der Waals surface area contributed by atoms with Crippen molar-refractivity contribution in [1.82, 2.24) is 0 Å². The van der Waals surface area contributed by atoms with Crippen LogP contribution in [0, 0.1) is 29.5 Å². The predicted molar refractivity (Wildman–Crippen MR) is 97.8 cm³/mol. The molecule has 2 fully saturated rings. The monoisotopic (exact) mass is 332 g/mol. The predicted octanol–water partition coefficient (Wildman–Crippen LogP) is 6.40. The van der Waals surface area contributed by atoms with Gasteiger partial charge in [-0.1, -0.05) is 38.7 Å². The highest BCUT2D eigenvalue weighted by Gasteiger charge is 2.34. The van der Waals surface area contributed by atoms with Crippen LogP contribution in [0.25, 0.3) is 0 Å². The Morgan fingerprint density at radius 3 is 2.25 bits per heavy atom. The lowest BCUT2D eigenvalue weighted by Crippen LogP contribution is -2.31. The van der Waals surface area contributed by atoms with E-state index in [2.05, 4.69) is 6.92 Å². The molecule has 0 aliphatic heterocycles. The van der Waals surface area contributed by atoms with E-state index in [-0.39, 0.29) is 5.82 Å². The van der Waals surface area contributed by atoms with E-state index in [1.807, 2.05) is 6.07 Å². The molecule has 0 heterocycles. The molecule has 0 spiro atoms. The van der Waals surface area contributed by atoms with Crippen molar-refractivity contribution in [2.45, 2.75) is 71.1 Å². The van der Waals surface area contributed by atoms with Crippen molar-refractivity contribution in [2.24, 2.45) is 23.7 Å². The van der Waals surface area contributed by atoms with E-state index in [0.29, 0.717) is 5.75 Å². The smallest absolute Gasteiger partial charge is 0.165 e. The maximum Gasteiger partial charge on any atom is 0.165 e. The van der Waals surface area contributed by atoms with Crippen LogP contribution >= 0.6 is 0 Å². The van der Waals surface area contributed by atoms with Crippen LogP contribution in [0.1, 0.15) is 70.3 Å². The zero-order chi connectivity index (χ0) is 16.9. The molecular weight excluding hydrogens is 299 g/mol. The number of halogens is 1. The van der Waals surface area contributed by atoms with Gasteiger partial charge in [0.25, 0.3) is 0 Å². The number of fused-ring (bicyclic) bond motifs is 1. The highest BCUT2D eigenvalue weighted by Crippen LogP contribution is 2.46. The van der Waals surface area contributed by atoms with Gasteiger partial charge in [0, 0.05) is 0 Å². The van der Waals surface area contributed by atoms with E-state index in [9.17, 15) is 4.39 Å². The lowest BCUT2D eigenvalue weighted by Gasteiger charge is -2.42. The van der Waals surface area contributed by atoms with Crippen LogP contribution in [0.2, 0.25) is 0 Å². The Bertz CT molecular complexity index is 527. The van der Waals surface area contributed by atoms with E-state index < -0.39 is 0 Å². The normalized spacial score (nSPS) is 30.0. The zero-order valence-corrected chi connectivity index (χ0v) is 15.4. The first-order valence-electron chi connectivity index (χ1n) is 10.0. The fourth-order valence-corrected chi connectivity index (χ4v) is 5.25. The Kier molecular flexibility index (Phi) is 6.19.